The van der Waals surface area contributed by atoms with Gasteiger partial charge < -0.3 is 9.84 Å². The Kier molecular flexibility index (Phi) is 4.83. The van der Waals surface area contributed by atoms with Crippen molar-refractivity contribution in [3.05, 3.63) is 58.6 Å². The summed E-state index contributed by atoms with van der Waals surface area (Å²) in [6.45, 7) is 1.97. The van der Waals surface area contributed by atoms with Crippen LogP contribution in [0.5, 0.6) is 0 Å². The molecule has 3 rings (SSSR count). The molecule has 6 heteroatoms. The lowest BCUT2D eigenvalue weighted by atomic mass is 10.1. The van der Waals surface area contributed by atoms with Crippen molar-refractivity contribution in [2.24, 2.45) is 0 Å². The van der Waals surface area contributed by atoms with Crippen molar-refractivity contribution in [3.63, 3.8) is 0 Å². The second kappa shape index (κ2) is 7.19. The number of hydrogen-bond acceptors (Lipinski definition) is 5. The van der Waals surface area contributed by atoms with E-state index in [0.717, 1.165) is 11.1 Å². The van der Waals surface area contributed by atoms with Gasteiger partial charge in [-0.25, -0.2) is 0 Å². The Bertz CT molecular complexity index is 753. The SMILES string of the molecule is CC(NC(=O)CCc1nc(-c2ccsc2)no1)c1ccccc1. The van der Waals surface area contributed by atoms with E-state index in [-0.39, 0.29) is 11.9 Å². The molecule has 0 aliphatic carbocycles. The van der Waals surface area contributed by atoms with Crippen LogP contribution in [0.1, 0.15) is 30.8 Å². The van der Waals surface area contributed by atoms with E-state index in [1.165, 1.54) is 0 Å². The van der Waals surface area contributed by atoms with Crippen molar-refractivity contribution < 1.29 is 9.32 Å². The van der Waals surface area contributed by atoms with Gasteiger partial charge in [0.2, 0.25) is 17.6 Å². The molecule has 1 aromatic carbocycles. The number of hydrogen-bond donors (Lipinski definition) is 1. The van der Waals surface area contributed by atoms with E-state index in [0.29, 0.717) is 24.6 Å². The second-order valence-electron chi connectivity index (χ2n) is 5.22. The quantitative estimate of drug-likeness (QED) is 0.751. The summed E-state index contributed by atoms with van der Waals surface area (Å²) in [5.41, 5.74) is 2.02. The first-order valence-electron chi connectivity index (χ1n) is 7.42. The van der Waals surface area contributed by atoms with Gasteiger partial charge in [-0.15, -0.1) is 0 Å². The average Bonchev–Trinajstić information content (AvgIpc) is 3.25. The highest BCUT2D eigenvalue weighted by atomic mass is 32.1. The fraction of sp³-hybridized carbons (Fsp3) is 0.235. The molecule has 1 amide bonds. The van der Waals surface area contributed by atoms with Crippen LogP contribution in [0.3, 0.4) is 0 Å². The summed E-state index contributed by atoms with van der Waals surface area (Å²) in [6, 6.07) is 11.8. The lowest BCUT2D eigenvalue weighted by Gasteiger charge is -2.13. The summed E-state index contributed by atoms with van der Waals surface area (Å²) in [4.78, 5) is 16.3. The largest absolute Gasteiger partial charge is 0.350 e. The second-order valence-corrected chi connectivity index (χ2v) is 6.00. The summed E-state index contributed by atoms with van der Waals surface area (Å²) in [5.74, 6) is 1.02. The smallest absolute Gasteiger partial charge is 0.227 e. The minimum Gasteiger partial charge on any atom is -0.350 e. The van der Waals surface area contributed by atoms with Gasteiger partial charge in [-0.3, -0.25) is 4.79 Å². The highest BCUT2D eigenvalue weighted by Crippen LogP contribution is 2.19. The minimum absolute atomic E-state index is 0.0206. The van der Waals surface area contributed by atoms with Gasteiger partial charge in [-0.05, 0) is 23.9 Å². The molecular weight excluding hydrogens is 310 g/mol. The van der Waals surface area contributed by atoms with Crippen molar-refractivity contribution in [1.82, 2.24) is 15.5 Å². The summed E-state index contributed by atoms with van der Waals surface area (Å²) in [6.07, 6.45) is 0.757. The predicted octanol–water partition coefficient (Wildman–Crippen LogP) is 3.61. The van der Waals surface area contributed by atoms with Gasteiger partial charge >= 0.3 is 0 Å². The monoisotopic (exact) mass is 327 g/mol. The van der Waals surface area contributed by atoms with Crippen LogP contribution < -0.4 is 5.32 Å². The zero-order chi connectivity index (χ0) is 16.1. The lowest BCUT2D eigenvalue weighted by Crippen LogP contribution is -2.26. The standard InChI is InChI=1S/C17H17N3O2S/c1-12(13-5-3-2-4-6-13)18-15(21)7-8-16-19-17(20-22-16)14-9-10-23-11-14/h2-6,9-12H,7-8H2,1H3,(H,18,21). The van der Waals surface area contributed by atoms with Crippen molar-refractivity contribution in [1.29, 1.82) is 0 Å². The number of nitrogens with zero attached hydrogens (tertiary/aromatic N) is 2. The molecule has 3 aromatic rings. The predicted molar refractivity (Wildman–Crippen MR) is 88.9 cm³/mol. The Balaban J connectivity index is 1.51. The number of nitrogens with one attached hydrogen (secondary N) is 1. The normalized spacial score (nSPS) is 12.0. The molecular formula is C17H17N3O2S. The van der Waals surface area contributed by atoms with Crippen molar-refractivity contribution in [3.8, 4) is 11.4 Å². The van der Waals surface area contributed by atoms with Crippen LogP contribution >= 0.6 is 11.3 Å². The van der Waals surface area contributed by atoms with Gasteiger partial charge in [0.25, 0.3) is 0 Å². The molecule has 1 atom stereocenters. The fourth-order valence-electron chi connectivity index (χ4n) is 2.22. The lowest BCUT2D eigenvalue weighted by molar-refractivity contribution is -0.121. The molecule has 0 aliphatic rings. The first-order valence-corrected chi connectivity index (χ1v) is 8.36. The highest BCUT2D eigenvalue weighted by molar-refractivity contribution is 7.08. The summed E-state index contributed by atoms with van der Waals surface area (Å²) in [7, 11) is 0. The maximum atomic E-state index is 12.0. The van der Waals surface area contributed by atoms with E-state index in [4.69, 9.17) is 4.52 Å². The molecule has 5 nitrogen and oxygen atoms in total. The summed E-state index contributed by atoms with van der Waals surface area (Å²) < 4.78 is 5.19. The molecule has 0 aliphatic heterocycles. The number of carbonyl (C=O) groups is 1. The Hall–Kier alpha value is -2.47. The summed E-state index contributed by atoms with van der Waals surface area (Å²) in [5, 5.41) is 10.8. The average molecular weight is 327 g/mol. The number of amides is 1. The van der Waals surface area contributed by atoms with E-state index in [1.807, 2.05) is 54.1 Å². The number of thiophene rings is 1. The number of aromatic nitrogens is 2. The Morgan fingerprint density at radius 3 is 2.87 bits per heavy atom. The topological polar surface area (TPSA) is 68.0 Å². The van der Waals surface area contributed by atoms with Crippen LogP contribution in [0, 0.1) is 0 Å². The zero-order valence-electron chi connectivity index (χ0n) is 12.7. The van der Waals surface area contributed by atoms with Crippen LogP contribution in [0.2, 0.25) is 0 Å². The van der Waals surface area contributed by atoms with Crippen molar-refractivity contribution in [2.75, 3.05) is 0 Å². The van der Waals surface area contributed by atoms with E-state index in [2.05, 4.69) is 15.5 Å². The molecule has 2 heterocycles. The third kappa shape index (κ3) is 4.04. The zero-order valence-corrected chi connectivity index (χ0v) is 13.5. The molecule has 0 fully saturated rings. The molecule has 0 radical (unpaired) electrons. The van der Waals surface area contributed by atoms with Gasteiger partial charge in [0.15, 0.2) is 0 Å². The van der Waals surface area contributed by atoms with Gasteiger partial charge in [-0.2, -0.15) is 16.3 Å². The van der Waals surface area contributed by atoms with Gasteiger partial charge in [0, 0.05) is 23.8 Å². The van der Waals surface area contributed by atoms with Gasteiger partial charge in [0.05, 0.1) is 6.04 Å². The number of benzene rings is 1. The molecule has 1 N–H and O–H groups in total. The summed E-state index contributed by atoms with van der Waals surface area (Å²) >= 11 is 1.58. The molecule has 0 spiro atoms. The molecule has 0 saturated heterocycles. The van der Waals surface area contributed by atoms with Crippen LogP contribution in [-0.4, -0.2) is 16.0 Å². The van der Waals surface area contributed by atoms with Crippen molar-refractivity contribution in [2.45, 2.75) is 25.8 Å². The van der Waals surface area contributed by atoms with E-state index in [1.54, 1.807) is 11.3 Å². The number of rotatable bonds is 6. The van der Waals surface area contributed by atoms with Crippen LogP contribution in [0.4, 0.5) is 0 Å². The van der Waals surface area contributed by atoms with Gasteiger partial charge in [-0.1, -0.05) is 35.5 Å². The third-order valence-electron chi connectivity index (χ3n) is 3.49. The molecule has 0 saturated carbocycles. The molecule has 0 bridgehead atoms. The number of aryl methyl sites for hydroxylation is 1. The van der Waals surface area contributed by atoms with Crippen LogP contribution in [-0.2, 0) is 11.2 Å². The molecule has 118 valence electrons. The third-order valence-corrected chi connectivity index (χ3v) is 4.17. The Morgan fingerprint density at radius 1 is 1.30 bits per heavy atom. The maximum Gasteiger partial charge on any atom is 0.227 e. The minimum atomic E-state index is -0.0309. The van der Waals surface area contributed by atoms with Crippen LogP contribution in [0.25, 0.3) is 11.4 Å². The van der Waals surface area contributed by atoms with Crippen molar-refractivity contribution >= 4 is 17.2 Å². The van der Waals surface area contributed by atoms with E-state index >= 15 is 0 Å². The van der Waals surface area contributed by atoms with Crippen LogP contribution in [0.15, 0.2) is 51.7 Å². The first kappa shape index (κ1) is 15.4. The van der Waals surface area contributed by atoms with Gasteiger partial charge in [0.1, 0.15) is 0 Å². The maximum absolute atomic E-state index is 12.0. The highest BCUT2D eigenvalue weighted by Gasteiger charge is 2.13. The molecule has 1 unspecified atom stereocenters. The number of carbonyl (C=O) groups excluding carboxylic acids is 1. The first-order chi connectivity index (χ1) is 11.2. The van der Waals surface area contributed by atoms with E-state index in [9.17, 15) is 4.79 Å². The molecule has 2 aromatic heterocycles. The molecule has 23 heavy (non-hydrogen) atoms. The Labute approximate surface area is 138 Å². The fourth-order valence-corrected chi connectivity index (χ4v) is 2.86. The Morgan fingerprint density at radius 2 is 2.13 bits per heavy atom. The van der Waals surface area contributed by atoms with E-state index < -0.39 is 0 Å².